The molecule has 2 rings (SSSR count). The van der Waals surface area contributed by atoms with Crippen LogP contribution in [-0.4, -0.2) is 4.98 Å². The molecule has 1 atom stereocenters. The summed E-state index contributed by atoms with van der Waals surface area (Å²) in [6.07, 6.45) is 4.42. The van der Waals surface area contributed by atoms with E-state index in [4.69, 9.17) is 5.84 Å². The van der Waals surface area contributed by atoms with E-state index in [0.717, 1.165) is 26.5 Å². The predicted molar refractivity (Wildman–Crippen MR) is 79.8 cm³/mol. The summed E-state index contributed by atoms with van der Waals surface area (Å²) in [4.78, 5) is 4.16. The maximum absolute atomic E-state index is 5.63. The maximum atomic E-state index is 5.63. The predicted octanol–water partition coefficient (Wildman–Crippen LogP) is 3.35. The molecule has 0 fully saturated rings. The molecular formula is C13H13Br2N3. The Morgan fingerprint density at radius 2 is 1.83 bits per heavy atom. The SMILES string of the molecule is NNC(Cc1cncc(Br)c1)c1ccc(Br)cc1. The zero-order valence-corrected chi connectivity index (χ0v) is 12.8. The topological polar surface area (TPSA) is 50.9 Å². The summed E-state index contributed by atoms with van der Waals surface area (Å²) >= 11 is 6.84. The Bertz CT molecular complexity index is 514. The first-order chi connectivity index (χ1) is 8.69. The van der Waals surface area contributed by atoms with Gasteiger partial charge in [0.2, 0.25) is 0 Å². The summed E-state index contributed by atoms with van der Waals surface area (Å²) in [5.41, 5.74) is 5.14. The molecule has 1 aromatic carbocycles. The van der Waals surface area contributed by atoms with Gasteiger partial charge in [-0.2, -0.15) is 0 Å². The molecule has 0 amide bonds. The van der Waals surface area contributed by atoms with Gasteiger partial charge in [-0.1, -0.05) is 28.1 Å². The fourth-order valence-corrected chi connectivity index (χ4v) is 2.45. The van der Waals surface area contributed by atoms with Crippen molar-refractivity contribution in [3.05, 3.63) is 62.8 Å². The Morgan fingerprint density at radius 3 is 2.44 bits per heavy atom. The lowest BCUT2D eigenvalue weighted by Crippen LogP contribution is -2.29. The first-order valence-electron chi connectivity index (χ1n) is 5.50. The van der Waals surface area contributed by atoms with Crippen LogP contribution in [0.3, 0.4) is 0 Å². The molecule has 0 aliphatic rings. The number of rotatable bonds is 4. The Kier molecular flexibility index (Phi) is 4.88. The van der Waals surface area contributed by atoms with E-state index in [2.05, 4.69) is 60.5 Å². The minimum absolute atomic E-state index is 0.0780. The molecule has 3 nitrogen and oxygen atoms in total. The maximum Gasteiger partial charge on any atom is 0.0500 e. The lowest BCUT2D eigenvalue weighted by Gasteiger charge is -2.16. The van der Waals surface area contributed by atoms with Crippen molar-refractivity contribution in [3.8, 4) is 0 Å². The average molecular weight is 371 g/mol. The summed E-state index contributed by atoms with van der Waals surface area (Å²) < 4.78 is 2.04. The molecule has 1 aromatic heterocycles. The minimum Gasteiger partial charge on any atom is -0.271 e. The summed E-state index contributed by atoms with van der Waals surface area (Å²) in [5.74, 6) is 5.63. The number of nitrogens with one attached hydrogen (secondary N) is 1. The van der Waals surface area contributed by atoms with Gasteiger partial charge in [-0.25, -0.2) is 0 Å². The zero-order valence-electron chi connectivity index (χ0n) is 9.61. The van der Waals surface area contributed by atoms with Crippen LogP contribution in [0.25, 0.3) is 0 Å². The van der Waals surface area contributed by atoms with Crippen molar-refractivity contribution < 1.29 is 0 Å². The molecule has 0 aliphatic carbocycles. The lowest BCUT2D eigenvalue weighted by molar-refractivity contribution is 0.551. The Hall–Kier alpha value is -0.750. The third-order valence-corrected chi connectivity index (χ3v) is 3.64. The van der Waals surface area contributed by atoms with Crippen LogP contribution in [0.2, 0.25) is 0 Å². The molecule has 94 valence electrons. The smallest absolute Gasteiger partial charge is 0.0500 e. The molecule has 0 radical (unpaired) electrons. The van der Waals surface area contributed by atoms with Gasteiger partial charge in [0.1, 0.15) is 0 Å². The van der Waals surface area contributed by atoms with E-state index < -0.39 is 0 Å². The highest BCUT2D eigenvalue weighted by Gasteiger charge is 2.10. The van der Waals surface area contributed by atoms with Crippen LogP contribution in [0.1, 0.15) is 17.2 Å². The highest BCUT2D eigenvalue weighted by molar-refractivity contribution is 9.10. The molecule has 1 heterocycles. The van der Waals surface area contributed by atoms with E-state index in [9.17, 15) is 0 Å². The van der Waals surface area contributed by atoms with Crippen LogP contribution in [0.5, 0.6) is 0 Å². The number of aromatic nitrogens is 1. The van der Waals surface area contributed by atoms with Crippen LogP contribution in [0.4, 0.5) is 0 Å². The van der Waals surface area contributed by atoms with Crippen LogP contribution in [0, 0.1) is 0 Å². The van der Waals surface area contributed by atoms with E-state index in [-0.39, 0.29) is 6.04 Å². The van der Waals surface area contributed by atoms with Gasteiger partial charge < -0.3 is 0 Å². The Morgan fingerprint density at radius 1 is 1.11 bits per heavy atom. The Labute approximate surface area is 123 Å². The second kappa shape index (κ2) is 6.43. The molecule has 0 aliphatic heterocycles. The monoisotopic (exact) mass is 369 g/mol. The molecular weight excluding hydrogens is 358 g/mol. The van der Waals surface area contributed by atoms with E-state index in [0.29, 0.717) is 0 Å². The van der Waals surface area contributed by atoms with E-state index in [1.807, 2.05) is 18.3 Å². The lowest BCUT2D eigenvalue weighted by atomic mass is 10.0. The van der Waals surface area contributed by atoms with Gasteiger partial charge in [0.15, 0.2) is 0 Å². The number of hydrazine groups is 1. The van der Waals surface area contributed by atoms with Crippen molar-refractivity contribution in [2.45, 2.75) is 12.5 Å². The second-order valence-electron chi connectivity index (χ2n) is 3.99. The zero-order chi connectivity index (χ0) is 13.0. The third kappa shape index (κ3) is 3.62. The molecule has 0 saturated heterocycles. The standard InChI is InChI=1S/C13H13Br2N3/c14-11-3-1-10(2-4-11)13(18-16)6-9-5-12(15)8-17-7-9/h1-5,7-8,13,18H,6,16H2. The summed E-state index contributed by atoms with van der Waals surface area (Å²) in [6.45, 7) is 0. The molecule has 18 heavy (non-hydrogen) atoms. The normalized spacial score (nSPS) is 12.4. The van der Waals surface area contributed by atoms with Gasteiger partial charge in [-0.05, 0) is 51.7 Å². The third-order valence-electron chi connectivity index (χ3n) is 2.67. The Balaban J connectivity index is 2.17. The first-order valence-corrected chi connectivity index (χ1v) is 7.08. The van der Waals surface area contributed by atoms with Crippen molar-refractivity contribution in [1.82, 2.24) is 10.4 Å². The van der Waals surface area contributed by atoms with E-state index in [1.54, 1.807) is 6.20 Å². The number of nitrogens with two attached hydrogens (primary N) is 1. The molecule has 1 unspecified atom stereocenters. The molecule has 2 aromatic rings. The summed E-state index contributed by atoms with van der Waals surface area (Å²) in [5, 5.41) is 0. The molecule has 0 bridgehead atoms. The van der Waals surface area contributed by atoms with Crippen molar-refractivity contribution in [1.29, 1.82) is 0 Å². The van der Waals surface area contributed by atoms with Gasteiger partial charge in [-0.3, -0.25) is 16.3 Å². The van der Waals surface area contributed by atoms with Crippen molar-refractivity contribution in [2.75, 3.05) is 0 Å². The number of benzene rings is 1. The van der Waals surface area contributed by atoms with Crippen LogP contribution in [-0.2, 0) is 6.42 Å². The number of pyridine rings is 1. The quantitative estimate of drug-likeness (QED) is 0.640. The van der Waals surface area contributed by atoms with Crippen molar-refractivity contribution >= 4 is 31.9 Å². The number of nitrogens with zero attached hydrogens (tertiary/aromatic N) is 1. The second-order valence-corrected chi connectivity index (χ2v) is 5.82. The number of hydrogen-bond acceptors (Lipinski definition) is 3. The highest BCUT2D eigenvalue weighted by Crippen LogP contribution is 2.21. The molecule has 5 heteroatoms. The number of halogens is 2. The van der Waals surface area contributed by atoms with Gasteiger partial charge >= 0.3 is 0 Å². The average Bonchev–Trinajstić information content (AvgIpc) is 2.37. The van der Waals surface area contributed by atoms with Gasteiger partial charge in [0.05, 0.1) is 6.04 Å². The fraction of sp³-hybridized carbons (Fsp3) is 0.154. The fourth-order valence-electron chi connectivity index (χ4n) is 1.77. The van der Waals surface area contributed by atoms with Gasteiger partial charge in [0, 0.05) is 21.3 Å². The van der Waals surface area contributed by atoms with E-state index in [1.165, 1.54) is 0 Å². The largest absolute Gasteiger partial charge is 0.271 e. The van der Waals surface area contributed by atoms with Gasteiger partial charge in [-0.15, -0.1) is 0 Å². The highest BCUT2D eigenvalue weighted by atomic mass is 79.9. The minimum atomic E-state index is 0.0780. The molecule has 3 N–H and O–H groups in total. The van der Waals surface area contributed by atoms with Crippen molar-refractivity contribution in [3.63, 3.8) is 0 Å². The molecule has 0 spiro atoms. The van der Waals surface area contributed by atoms with Crippen molar-refractivity contribution in [2.24, 2.45) is 5.84 Å². The van der Waals surface area contributed by atoms with Crippen LogP contribution >= 0.6 is 31.9 Å². The number of hydrogen-bond donors (Lipinski definition) is 2. The van der Waals surface area contributed by atoms with E-state index >= 15 is 0 Å². The summed E-state index contributed by atoms with van der Waals surface area (Å²) in [6, 6.07) is 10.3. The van der Waals surface area contributed by atoms with Gasteiger partial charge in [0.25, 0.3) is 0 Å². The molecule has 0 saturated carbocycles. The summed E-state index contributed by atoms with van der Waals surface area (Å²) in [7, 11) is 0. The first kappa shape index (κ1) is 13.7. The van der Waals surface area contributed by atoms with Crippen LogP contribution < -0.4 is 11.3 Å². The van der Waals surface area contributed by atoms with Crippen LogP contribution in [0.15, 0.2) is 51.7 Å².